The number of nitrogens with zero attached hydrogens (tertiary/aromatic N) is 3. The minimum atomic E-state index is 0.470. The van der Waals surface area contributed by atoms with Gasteiger partial charge in [0.1, 0.15) is 5.82 Å². The van der Waals surface area contributed by atoms with E-state index in [9.17, 15) is 0 Å². The molecule has 0 fully saturated rings. The summed E-state index contributed by atoms with van der Waals surface area (Å²) in [7, 11) is 0. The summed E-state index contributed by atoms with van der Waals surface area (Å²) in [5.41, 5.74) is 0. The van der Waals surface area contributed by atoms with Crippen molar-refractivity contribution in [1.29, 1.82) is 0 Å². The van der Waals surface area contributed by atoms with Crippen LogP contribution in [0.2, 0.25) is 5.28 Å². The largest absolute Gasteiger partial charge is 0.296 e. The predicted molar refractivity (Wildman–Crippen MR) is 62.6 cm³/mol. The third-order valence-corrected chi connectivity index (χ3v) is 3.47. The maximum atomic E-state index is 5.97. The highest BCUT2D eigenvalue weighted by Gasteiger charge is 2.09. The molecule has 0 spiro atoms. The first-order valence-electron chi connectivity index (χ1n) is 4.83. The van der Waals surface area contributed by atoms with Crippen LogP contribution in [-0.2, 0) is 13.0 Å². The van der Waals surface area contributed by atoms with Crippen molar-refractivity contribution in [1.82, 2.24) is 14.8 Å². The summed E-state index contributed by atoms with van der Waals surface area (Å²) < 4.78 is 1.95. The van der Waals surface area contributed by atoms with Crippen molar-refractivity contribution in [3.63, 3.8) is 0 Å². The third kappa shape index (κ3) is 2.21. The average molecular weight is 242 g/mol. The predicted octanol–water partition coefficient (Wildman–Crippen LogP) is 2.91. The molecule has 0 amide bonds. The molecule has 5 heteroatoms. The van der Waals surface area contributed by atoms with E-state index in [2.05, 4.69) is 36.2 Å². The molecule has 15 heavy (non-hydrogen) atoms. The van der Waals surface area contributed by atoms with Gasteiger partial charge >= 0.3 is 0 Å². The minimum Gasteiger partial charge on any atom is -0.296 e. The summed E-state index contributed by atoms with van der Waals surface area (Å²) in [6.07, 6.45) is 0.851. The highest BCUT2D eigenvalue weighted by molar-refractivity contribution is 7.11. The summed E-state index contributed by atoms with van der Waals surface area (Å²) >= 11 is 7.75. The summed E-state index contributed by atoms with van der Waals surface area (Å²) in [4.78, 5) is 2.59. The number of hydrogen-bond acceptors (Lipinski definition) is 3. The summed E-state index contributed by atoms with van der Waals surface area (Å²) in [6, 6.07) is 4.24. The molecule has 80 valence electrons. The van der Waals surface area contributed by atoms with Crippen molar-refractivity contribution < 1.29 is 0 Å². The summed E-state index contributed by atoms with van der Waals surface area (Å²) in [6.45, 7) is 4.92. The van der Waals surface area contributed by atoms with Crippen LogP contribution in [0.5, 0.6) is 0 Å². The van der Waals surface area contributed by atoms with E-state index in [1.54, 1.807) is 11.3 Å². The van der Waals surface area contributed by atoms with E-state index >= 15 is 0 Å². The first kappa shape index (κ1) is 10.6. The molecule has 0 atom stereocenters. The van der Waals surface area contributed by atoms with Gasteiger partial charge in [-0.2, -0.15) is 0 Å². The SMILES string of the molecule is CCc1nnc(Cl)n1Cc1ccc(C)s1. The van der Waals surface area contributed by atoms with Gasteiger partial charge in [-0.15, -0.1) is 21.5 Å². The quantitative estimate of drug-likeness (QED) is 0.827. The molecule has 0 aliphatic rings. The zero-order valence-electron chi connectivity index (χ0n) is 8.70. The Bertz CT molecular complexity index is 461. The monoisotopic (exact) mass is 241 g/mol. The molecule has 2 aromatic heterocycles. The Morgan fingerprint density at radius 3 is 2.80 bits per heavy atom. The lowest BCUT2D eigenvalue weighted by Gasteiger charge is -2.03. The van der Waals surface area contributed by atoms with Gasteiger partial charge in [-0.1, -0.05) is 6.92 Å². The Morgan fingerprint density at radius 1 is 1.40 bits per heavy atom. The number of thiophene rings is 1. The summed E-state index contributed by atoms with van der Waals surface area (Å²) in [5.74, 6) is 0.936. The second-order valence-electron chi connectivity index (χ2n) is 3.34. The van der Waals surface area contributed by atoms with Crippen molar-refractivity contribution in [3.05, 3.63) is 33.0 Å². The molecular formula is C10H12ClN3S. The molecule has 0 N–H and O–H groups in total. The highest BCUT2D eigenvalue weighted by atomic mass is 35.5. The number of rotatable bonds is 3. The molecule has 3 nitrogen and oxygen atoms in total. The molecule has 0 saturated carbocycles. The van der Waals surface area contributed by atoms with Gasteiger partial charge in [0.2, 0.25) is 5.28 Å². The third-order valence-electron chi connectivity index (χ3n) is 2.21. The number of aromatic nitrogens is 3. The van der Waals surface area contributed by atoms with Crippen LogP contribution >= 0.6 is 22.9 Å². The average Bonchev–Trinajstić information content (AvgIpc) is 2.76. The molecule has 0 bridgehead atoms. The molecule has 0 aromatic carbocycles. The van der Waals surface area contributed by atoms with Crippen LogP contribution in [0, 0.1) is 6.92 Å². The lowest BCUT2D eigenvalue weighted by Crippen LogP contribution is -2.03. The van der Waals surface area contributed by atoms with E-state index in [-0.39, 0.29) is 0 Å². The van der Waals surface area contributed by atoms with Gasteiger partial charge < -0.3 is 0 Å². The molecule has 0 aliphatic carbocycles. The van der Waals surface area contributed by atoms with Gasteiger partial charge in [0, 0.05) is 16.2 Å². The Balaban J connectivity index is 2.26. The topological polar surface area (TPSA) is 30.7 Å². The molecule has 2 rings (SSSR count). The van der Waals surface area contributed by atoms with Crippen LogP contribution in [0.1, 0.15) is 22.5 Å². The normalized spacial score (nSPS) is 10.9. The fraction of sp³-hybridized carbons (Fsp3) is 0.400. The molecule has 2 heterocycles. The zero-order valence-corrected chi connectivity index (χ0v) is 10.3. The fourth-order valence-electron chi connectivity index (χ4n) is 1.46. The maximum absolute atomic E-state index is 5.97. The van der Waals surface area contributed by atoms with Gasteiger partial charge in [-0.05, 0) is 30.7 Å². The van der Waals surface area contributed by atoms with Gasteiger partial charge in [-0.25, -0.2) is 0 Å². The number of hydrogen-bond donors (Lipinski definition) is 0. The van der Waals surface area contributed by atoms with Gasteiger partial charge in [0.15, 0.2) is 0 Å². The molecule has 0 radical (unpaired) electrons. The fourth-order valence-corrected chi connectivity index (χ4v) is 2.53. The molecule has 0 saturated heterocycles. The highest BCUT2D eigenvalue weighted by Crippen LogP contribution is 2.19. The second kappa shape index (κ2) is 4.33. The first-order valence-corrected chi connectivity index (χ1v) is 6.03. The zero-order chi connectivity index (χ0) is 10.8. The smallest absolute Gasteiger partial charge is 0.225 e. The van der Waals surface area contributed by atoms with Crippen LogP contribution in [0.4, 0.5) is 0 Å². The molecule has 2 aromatic rings. The van der Waals surface area contributed by atoms with Crippen LogP contribution in [0.3, 0.4) is 0 Å². The van der Waals surface area contributed by atoms with Crippen molar-refractivity contribution in [2.75, 3.05) is 0 Å². The van der Waals surface area contributed by atoms with Crippen molar-refractivity contribution in [2.45, 2.75) is 26.8 Å². The van der Waals surface area contributed by atoms with Crippen LogP contribution in [0.25, 0.3) is 0 Å². The van der Waals surface area contributed by atoms with Crippen LogP contribution < -0.4 is 0 Å². The van der Waals surface area contributed by atoms with E-state index in [0.29, 0.717) is 5.28 Å². The first-order chi connectivity index (χ1) is 7.20. The minimum absolute atomic E-state index is 0.470. The van der Waals surface area contributed by atoms with Crippen molar-refractivity contribution in [3.8, 4) is 0 Å². The van der Waals surface area contributed by atoms with E-state index in [1.807, 2.05) is 4.57 Å². The lowest BCUT2D eigenvalue weighted by molar-refractivity contribution is 0.741. The van der Waals surface area contributed by atoms with Crippen molar-refractivity contribution in [2.24, 2.45) is 0 Å². The van der Waals surface area contributed by atoms with E-state index in [1.165, 1.54) is 9.75 Å². The van der Waals surface area contributed by atoms with Gasteiger partial charge in [-0.3, -0.25) is 4.57 Å². The Morgan fingerprint density at radius 2 is 2.20 bits per heavy atom. The Labute approximate surface area is 97.7 Å². The molecule has 0 aliphatic heterocycles. The standard InChI is InChI=1S/C10H12ClN3S/c1-3-9-12-13-10(11)14(9)6-8-5-4-7(2)15-8/h4-5H,3,6H2,1-2H3. The van der Waals surface area contributed by atoms with Gasteiger partial charge in [0.25, 0.3) is 0 Å². The second-order valence-corrected chi connectivity index (χ2v) is 5.05. The molecule has 0 unspecified atom stereocenters. The van der Waals surface area contributed by atoms with Crippen LogP contribution in [0.15, 0.2) is 12.1 Å². The van der Waals surface area contributed by atoms with E-state index in [0.717, 1.165) is 18.8 Å². The number of halogens is 1. The summed E-state index contributed by atoms with van der Waals surface area (Å²) in [5, 5.41) is 8.37. The Hall–Kier alpha value is -0.870. The van der Waals surface area contributed by atoms with Gasteiger partial charge in [0.05, 0.1) is 6.54 Å². The van der Waals surface area contributed by atoms with E-state index in [4.69, 9.17) is 11.6 Å². The lowest BCUT2D eigenvalue weighted by atomic mass is 10.4. The maximum Gasteiger partial charge on any atom is 0.225 e. The van der Waals surface area contributed by atoms with E-state index < -0.39 is 0 Å². The van der Waals surface area contributed by atoms with Crippen molar-refractivity contribution >= 4 is 22.9 Å². The Kier molecular flexibility index (Phi) is 3.07. The molecular weight excluding hydrogens is 230 g/mol. The number of aryl methyl sites for hydroxylation is 2. The van der Waals surface area contributed by atoms with Crippen LogP contribution in [-0.4, -0.2) is 14.8 Å².